The molecule has 1 fully saturated rings. The summed E-state index contributed by atoms with van der Waals surface area (Å²) in [4.78, 5) is 15.6. The lowest BCUT2D eigenvalue weighted by molar-refractivity contribution is -0.131. The van der Waals surface area contributed by atoms with E-state index < -0.39 is 0 Å². The van der Waals surface area contributed by atoms with E-state index in [4.69, 9.17) is 4.74 Å². The molecule has 2 aliphatic rings. The zero-order chi connectivity index (χ0) is 13.9. The fourth-order valence-corrected chi connectivity index (χ4v) is 4.01. The number of thioether (sulfide) groups is 1. The van der Waals surface area contributed by atoms with Gasteiger partial charge in [-0.3, -0.25) is 4.79 Å². The molecule has 1 aromatic carbocycles. The normalized spacial score (nSPS) is 25.2. The molecule has 0 spiro atoms. The lowest BCUT2D eigenvalue weighted by Gasteiger charge is -2.29. The Morgan fingerprint density at radius 3 is 3.10 bits per heavy atom. The van der Waals surface area contributed by atoms with Crippen molar-refractivity contribution in [2.24, 2.45) is 0 Å². The van der Waals surface area contributed by atoms with Gasteiger partial charge in [-0.2, -0.15) is 0 Å². The van der Waals surface area contributed by atoms with Crippen molar-refractivity contribution >= 4 is 17.7 Å². The predicted molar refractivity (Wildman–Crippen MR) is 80.0 cm³/mol. The number of morpholine rings is 1. The van der Waals surface area contributed by atoms with Crippen molar-refractivity contribution in [3.8, 4) is 0 Å². The van der Waals surface area contributed by atoms with Crippen LogP contribution in [-0.2, 0) is 16.0 Å². The molecule has 0 aromatic heterocycles. The van der Waals surface area contributed by atoms with Crippen LogP contribution in [0, 0.1) is 0 Å². The Hall–Kier alpha value is -1.04. The van der Waals surface area contributed by atoms with Crippen molar-refractivity contribution < 1.29 is 9.53 Å². The number of likely N-dealkylation sites (N-methyl/N-ethyl adjacent to an activating group) is 1. The molecule has 2 heterocycles. The number of ether oxygens (including phenoxy) is 1. The summed E-state index contributed by atoms with van der Waals surface area (Å²) in [7, 11) is 1.88. The molecule has 2 unspecified atom stereocenters. The van der Waals surface area contributed by atoms with Crippen LogP contribution in [0.15, 0.2) is 29.2 Å². The van der Waals surface area contributed by atoms with E-state index in [9.17, 15) is 4.79 Å². The average molecular weight is 292 g/mol. The molecule has 1 N–H and O–H groups in total. The van der Waals surface area contributed by atoms with Gasteiger partial charge in [0.1, 0.15) is 0 Å². The third kappa shape index (κ3) is 3.00. The molecule has 5 heteroatoms. The van der Waals surface area contributed by atoms with Gasteiger partial charge in [-0.05, 0) is 18.1 Å². The van der Waals surface area contributed by atoms with Crippen molar-refractivity contribution in [2.45, 2.75) is 22.7 Å². The van der Waals surface area contributed by atoms with Crippen LogP contribution >= 0.6 is 11.8 Å². The smallest absolute Gasteiger partial charge is 0.236 e. The van der Waals surface area contributed by atoms with E-state index >= 15 is 0 Å². The highest BCUT2D eigenvalue weighted by Crippen LogP contribution is 2.37. The van der Waals surface area contributed by atoms with Gasteiger partial charge in [-0.1, -0.05) is 18.2 Å². The molecule has 2 aliphatic heterocycles. The lowest BCUT2D eigenvalue weighted by atomic mass is 10.1. The van der Waals surface area contributed by atoms with Crippen molar-refractivity contribution in [2.75, 3.05) is 33.3 Å². The minimum absolute atomic E-state index is 0.0222. The van der Waals surface area contributed by atoms with Crippen LogP contribution in [0.3, 0.4) is 0 Å². The predicted octanol–water partition coefficient (Wildman–Crippen LogP) is 1.15. The molecule has 20 heavy (non-hydrogen) atoms. The van der Waals surface area contributed by atoms with Crippen molar-refractivity contribution in [3.05, 3.63) is 29.8 Å². The van der Waals surface area contributed by atoms with Crippen LogP contribution in [0.2, 0.25) is 0 Å². The largest absolute Gasteiger partial charge is 0.374 e. The zero-order valence-corrected chi connectivity index (χ0v) is 12.5. The maximum Gasteiger partial charge on any atom is 0.236 e. The SMILES string of the molecule is CN(CC1CNCCO1)C(=O)C1Cc2ccccc2S1. The number of carbonyl (C=O) groups excluding carboxylic acids is 1. The Labute approximate surface area is 123 Å². The van der Waals surface area contributed by atoms with Crippen molar-refractivity contribution in [1.82, 2.24) is 10.2 Å². The summed E-state index contributed by atoms with van der Waals surface area (Å²) in [5.74, 6) is 0.209. The molecule has 108 valence electrons. The monoisotopic (exact) mass is 292 g/mol. The highest BCUT2D eigenvalue weighted by molar-refractivity contribution is 8.01. The molecular formula is C15H20N2O2S. The third-order valence-corrected chi connectivity index (χ3v) is 5.09. The Balaban J connectivity index is 1.57. The van der Waals surface area contributed by atoms with Gasteiger partial charge in [0.05, 0.1) is 18.0 Å². The number of rotatable bonds is 3. The van der Waals surface area contributed by atoms with Gasteiger partial charge in [0.25, 0.3) is 0 Å². The maximum atomic E-state index is 12.5. The van der Waals surface area contributed by atoms with Gasteiger partial charge in [-0.15, -0.1) is 11.8 Å². The molecule has 1 aromatic rings. The maximum absolute atomic E-state index is 12.5. The zero-order valence-electron chi connectivity index (χ0n) is 11.7. The summed E-state index contributed by atoms with van der Waals surface area (Å²) in [6, 6.07) is 8.28. The van der Waals surface area contributed by atoms with Gasteiger partial charge in [0.2, 0.25) is 5.91 Å². The summed E-state index contributed by atoms with van der Waals surface area (Å²) < 4.78 is 5.66. The number of amides is 1. The van der Waals surface area contributed by atoms with Gasteiger partial charge in [0, 0.05) is 31.6 Å². The second-order valence-corrected chi connectivity index (χ2v) is 6.58. The Morgan fingerprint density at radius 2 is 2.35 bits per heavy atom. The Kier molecular flexibility index (Phi) is 4.29. The van der Waals surface area contributed by atoms with E-state index in [2.05, 4.69) is 17.4 Å². The number of hydrogen-bond acceptors (Lipinski definition) is 4. The minimum Gasteiger partial charge on any atom is -0.374 e. The lowest BCUT2D eigenvalue weighted by Crippen LogP contribution is -2.47. The number of nitrogens with zero attached hydrogens (tertiary/aromatic N) is 1. The van der Waals surface area contributed by atoms with Crippen molar-refractivity contribution in [3.63, 3.8) is 0 Å². The van der Waals surface area contributed by atoms with E-state index in [1.165, 1.54) is 10.5 Å². The number of fused-ring (bicyclic) bond motifs is 1. The van der Waals surface area contributed by atoms with E-state index in [0.717, 1.165) is 26.1 Å². The number of carbonyl (C=O) groups is 1. The highest BCUT2D eigenvalue weighted by Gasteiger charge is 2.31. The van der Waals surface area contributed by atoms with Crippen LogP contribution < -0.4 is 5.32 Å². The highest BCUT2D eigenvalue weighted by atomic mass is 32.2. The second-order valence-electron chi connectivity index (χ2n) is 5.33. The first kappa shape index (κ1) is 13.9. The van der Waals surface area contributed by atoms with Crippen LogP contribution in [-0.4, -0.2) is 55.4 Å². The van der Waals surface area contributed by atoms with E-state index in [1.54, 1.807) is 11.8 Å². The molecule has 0 radical (unpaired) electrons. The summed E-state index contributed by atoms with van der Waals surface area (Å²) >= 11 is 1.69. The number of nitrogens with one attached hydrogen (secondary N) is 1. The summed E-state index contributed by atoms with van der Waals surface area (Å²) in [5.41, 5.74) is 1.29. The van der Waals surface area contributed by atoms with Gasteiger partial charge >= 0.3 is 0 Å². The molecule has 0 saturated carbocycles. The topological polar surface area (TPSA) is 41.6 Å². The molecule has 1 amide bonds. The third-order valence-electron chi connectivity index (χ3n) is 3.78. The Bertz CT molecular complexity index is 464. The van der Waals surface area contributed by atoms with E-state index in [0.29, 0.717) is 6.54 Å². The quantitative estimate of drug-likeness (QED) is 0.907. The molecule has 4 nitrogen and oxygen atoms in total. The fourth-order valence-electron chi connectivity index (χ4n) is 2.70. The summed E-state index contributed by atoms with van der Waals surface area (Å²) in [6.45, 7) is 3.13. The second kappa shape index (κ2) is 6.16. The molecular weight excluding hydrogens is 272 g/mol. The standard InChI is InChI=1S/C15H20N2O2S/c1-17(10-12-9-16-6-7-19-12)15(18)14-8-11-4-2-3-5-13(11)20-14/h2-5,12,14,16H,6-10H2,1H3. The van der Waals surface area contributed by atoms with Gasteiger partial charge < -0.3 is 15.0 Å². The van der Waals surface area contributed by atoms with Crippen LogP contribution in [0.25, 0.3) is 0 Å². The molecule has 0 aliphatic carbocycles. The first-order chi connectivity index (χ1) is 9.74. The van der Waals surface area contributed by atoms with Gasteiger partial charge in [-0.25, -0.2) is 0 Å². The average Bonchev–Trinajstić information content (AvgIpc) is 2.91. The molecule has 2 atom stereocenters. The minimum atomic E-state index is 0.0222. The van der Waals surface area contributed by atoms with Crippen LogP contribution in [0.1, 0.15) is 5.56 Å². The van der Waals surface area contributed by atoms with Crippen LogP contribution in [0.4, 0.5) is 0 Å². The number of benzene rings is 1. The molecule has 0 bridgehead atoms. The first-order valence-corrected chi connectivity index (χ1v) is 7.94. The number of hydrogen-bond donors (Lipinski definition) is 1. The van der Waals surface area contributed by atoms with Crippen LogP contribution in [0.5, 0.6) is 0 Å². The van der Waals surface area contributed by atoms with Gasteiger partial charge in [0.15, 0.2) is 0 Å². The van der Waals surface area contributed by atoms with E-state index in [-0.39, 0.29) is 17.3 Å². The molecule has 3 rings (SSSR count). The Morgan fingerprint density at radius 1 is 1.50 bits per heavy atom. The molecule has 1 saturated heterocycles. The summed E-state index contributed by atoms with van der Waals surface area (Å²) in [5, 5.41) is 3.32. The fraction of sp³-hybridized carbons (Fsp3) is 0.533. The van der Waals surface area contributed by atoms with Crippen molar-refractivity contribution in [1.29, 1.82) is 0 Å². The summed E-state index contributed by atoms with van der Waals surface area (Å²) in [6.07, 6.45) is 0.958. The first-order valence-electron chi connectivity index (χ1n) is 7.06. The van der Waals surface area contributed by atoms with E-state index in [1.807, 2.05) is 24.1 Å².